The summed E-state index contributed by atoms with van der Waals surface area (Å²) in [5, 5.41) is 12.9. The van der Waals surface area contributed by atoms with Crippen LogP contribution in [0, 0.1) is 10.1 Å². The number of halogens is 1. The second kappa shape index (κ2) is 5.97. The quantitative estimate of drug-likeness (QED) is 0.503. The number of carbonyl (C=O) groups excluding carboxylic acids is 2. The number of hydrogen-bond donors (Lipinski definition) is 1. The Balaban J connectivity index is 2.85. The molecular formula is C10H9ClN2O5. The van der Waals surface area contributed by atoms with E-state index in [9.17, 15) is 19.7 Å². The maximum absolute atomic E-state index is 11.6. The van der Waals surface area contributed by atoms with Crippen molar-refractivity contribution in [2.24, 2.45) is 0 Å². The van der Waals surface area contributed by atoms with Crippen molar-refractivity contribution >= 4 is 29.2 Å². The topological polar surface area (TPSA) is 98.5 Å². The normalized spacial score (nSPS) is 9.67. The molecule has 8 heteroatoms. The molecule has 0 atom stereocenters. The number of esters is 1. The first-order valence-electron chi connectivity index (χ1n) is 4.74. The van der Waals surface area contributed by atoms with Gasteiger partial charge in [-0.2, -0.15) is 0 Å². The van der Waals surface area contributed by atoms with Crippen molar-refractivity contribution in [2.45, 2.75) is 0 Å². The van der Waals surface area contributed by atoms with Gasteiger partial charge in [-0.05, 0) is 6.07 Å². The summed E-state index contributed by atoms with van der Waals surface area (Å²) in [5.41, 5.74) is -0.302. The monoisotopic (exact) mass is 272 g/mol. The maximum atomic E-state index is 11.6. The lowest BCUT2D eigenvalue weighted by Crippen LogP contribution is -2.30. The average Bonchev–Trinajstić information content (AvgIpc) is 2.34. The van der Waals surface area contributed by atoms with E-state index in [0.29, 0.717) is 0 Å². The zero-order valence-corrected chi connectivity index (χ0v) is 10.1. The summed E-state index contributed by atoms with van der Waals surface area (Å²) in [4.78, 5) is 32.3. The molecule has 18 heavy (non-hydrogen) atoms. The van der Waals surface area contributed by atoms with E-state index < -0.39 is 16.8 Å². The van der Waals surface area contributed by atoms with Gasteiger partial charge in [0.1, 0.15) is 6.54 Å². The predicted octanol–water partition coefficient (Wildman–Crippen LogP) is 1.15. The Kier molecular flexibility index (Phi) is 4.61. The zero-order valence-electron chi connectivity index (χ0n) is 9.31. The molecule has 0 aromatic heterocycles. The minimum atomic E-state index is -0.664. The highest BCUT2D eigenvalue weighted by Gasteiger charge is 2.14. The molecule has 0 aliphatic heterocycles. The minimum Gasteiger partial charge on any atom is -0.468 e. The Labute approximate surface area is 107 Å². The molecule has 0 bridgehead atoms. The molecule has 0 saturated carbocycles. The van der Waals surface area contributed by atoms with Gasteiger partial charge >= 0.3 is 5.97 Å². The molecular weight excluding hydrogens is 264 g/mol. The third-order valence-electron chi connectivity index (χ3n) is 1.98. The van der Waals surface area contributed by atoms with Crippen LogP contribution in [0.25, 0.3) is 0 Å². The fourth-order valence-corrected chi connectivity index (χ4v) is 1.37. The summed E-state index contributed by atoms with van der Waals surface area (Å²) in [7, 11) is 1.18. The highest BCUT2D eigenvalue weighted by molar-refractivity contribution is 6.31. The van der Waals surface area contributed by atoms with Crippen LogP contribution in [0.5, 0.6) is 0 Å². The van der Waals surface area contributed by atoms with Gasteiger partial charge in [0.2, 0.25) is 0 Å². The fraction of sp³-hybridized carbons (Fsp3) is 0.200. The van der Waals surface area contributed by atoms with Gasteiger partial charge in [0, 0.05) is 22.7 Å². The van der Waals surface area contributed by atoms with Crippen LogP contribution in [-0.4, -0.2) is 30.5 Å². The second-order valence-corrected chi connectivity index (χ2v) is 3.65. The van der Waals surface area contributed by atoms with E-state index in [0.717, 1.165) is 12.1 Å². The predicted molar refractivity (Wildman–Crippen MR) is 62.5 cm³/mol. The Morgan fingerprint density at radius 3 is 2.67 bits per heavy atom. The number of nitro benzene ring substituents is 1. The van der Waals surface area contributed by atoms with E-state index >= 15 is 0 Å². The molecule has 0 spiro atoms. The largest absolute Gasteiger partial charge is 0.468 e. The van der Waals surface area contributed by atoms with Crippen molar-refractivity contribution in [3.05, 3.63) is 38.9 Å². The molecule has 0 saturated heterocycles. The Morgan fingerprint density at radius 1 is 1.44 bits per heavy atom. The summed E-state index contributed by atoms with van der Waals surface area (Å²) in [6.45, 7) is -0.324. The lowest BCUT2D eigenvalue weighted by Gasteiger charge is -2.04. The Hall–Kier alpha value is -2.15. The van der Waals surface area contributed by atoms with Gasteiger partial charge in [0.05, 0.1) is 12.0 Å². The number of nitrogens with one attached hydrogen (secondary N) is 1. The summed E-state index contributed by atoms with van der Waals surface area (Å²) >= 11 is 5.65. The number of methoxy groups -OCH3 is 1. The van der Waals surface area contributed by atoms with Gasteiger partial charge in [0.25, 0.3) is 11.6 Å². The molecule has 0 fully saturated rings. The number of ether oxygens (including phenoxy) is 1. The molecule has 1 aromatic rings. The highest BCUT2D eigenvalue weighted by atomic mass is 35.5. The number of nitro groups is 1. The number of amides is 1. The van der Waals surface area contributed by atoms with Gasteiger partial charge in [-0.25, -0.2) is 0 Å². The van der Waals surface area contributed by atoms with Crippen LogP contribution in [0.4, 0.5) is 5.69 Å². The Bertz CT molecular complexity index is 503. The first-order valence-corrected chi connectivity index (χ1v) is 5.12. The molecule has 0 aliphatic carbocycles. The van der Waals surface area contributed by atoms with Crippen molar-refractivity contribution in [3.8, 4) is 0 Å². The summed E-state index contributed by atoms with van der Waals surface area (Å²) in [5.74, 6) is -1.27. The number of non-ortho nitro benzene ring substituents is 1. The molecule has 1 N–H and O–H groups in total. The highest BCUT2D eigenvalue weighted by Crippen LogP contribution is 2.20. The van der Waals surface area contributed by atoms with Gasteiger partial charge in [0.15, 0.2) is 0 Å². The lowest BCUT2D eigenvalue weighted by atomic mass is 10.2. The van der Waals surface area contributed by atoms with E-state index in [1.165, 1.54) is 13.2 Å². The molecule has 0 heterocycles. The summed E-state index contributed by atoms with van der Waals surface area (Å²) in [6.07, 6.45) is 0. The first kappa shape index (κ1) is 13.9. The summed E-state index contributed by atoms with van der Waals surface area (Å²) in [6, 6.07) is 3.46. The van der Waals surface area contributed by atoms with Crippen molar-refractivity contribution in [2.75, 3.05) is 13.7 Å². The average molecular weight is 273 g/mol. The SMILES string of the molecule is COC(=O)CNC(=O)c1cc(Cl)cc([N+](=O)[O-])c1. The molecule has 0 radical (unpaired) electrons. The van der Waals surface area contributed by atoms with Crippen LogP contribution in [0.15, 0.2) is 18.2 Å². The second-order valence-electron chi connectivity index (χ2n) is 3.21. The van der Waals surface area contributed by atoms with E-state index in [1.807, 2.05) is 0 Å². The minimum absolute atomic E-state index is 0.00176. The lowest BCUT2D eigenvalue weighted by molar-refractivity contribution is -0.384. The van der Waals surface area contributed by atoms with Gasteiger partial charge in [-0.1, -0.05) is 11.6 Å². The number of hydrogen-bond acceptors (Lipinski definition) is 5. The molecule has 7 nitrogen and oxygen atoms in total. The van der Waals surface area contributed by atoms with Crippen molar-refractivity contribution in [1.29, 1.82) is 0 Å². The molecule has 96 valence electrons. The smallest absolute Gasteiger partial charge is 0.325 e. The Morgan fingerprint density at radius 2 is 2.11 bits per heavy atom. The van der Waals surface area contributed by atoms with Crippen LogP contribution in [0.1, 0.15) is 10.4 Å². The third kappa shape index (κ3) is 3.70. The van der Waals surface area contributed by atoms with Crippen LogP contribution >= 0.6 is 11.6 Å². The van der Waals surface area contributed by atoms with Gasteiger partial charge in [-0.3, -0.25) is 19.7 Å². The number of benzene rings is 1. The standard InChI is InChI=1S/C10H9ClN2O5/c1-18-9(14)5-12-10(15)6-2-7(11)4-8(3-6)13(16)17/h2-4H,5H2,1H3,(H,12,15). The van der Waals surface area contributed by atoms with E-state index in [2.05, 4.69) is 10.1 Å². The molecule has 1 rings (SSSR count). The van der Waals surface area contributed by atoms with Crippen molar-refractivity contribution < 1.29 is 19.2 Å². The van der Waals surface area contributed by atoms with E-state index in [1.54, 1.807) is 0 Å². The summed E-state index contributed by atoms with van der Waals surface area (Å²) < 4.78 is 4.33. The third-order valence-corrected chi connectivity index (χ3v) is 2.19. The fourth-order valence-electron chi connectivity index (χ4n) is 1.14. The van der Waals surface area contributed by atoms with Crippen LogP contribution in [0.3, 0.4) is 0 Å². The number of nitrogens with zero attached hydrogens (tertiary/aromatic N) is 1. The zero-order chi connectivity index (χ0) is 13.7. The van der Waals surface area contributed by atoms with E-state index in [4.69, 9.17) is 11.6 Å². The first-order chi connectivity index (χ1) is 8.43. The molecule has 0 unspecified atom stereocenters. The van der Waals surface area contributed by atoms with Crippen molar-refractivity contribution in [3.63, 3.8) is 0 Å². The number of carbonyl (C=O) groups is 2. The van der Waals surface area contributed by atoms with Crippen LogP contribution < -0.4 is 5.32 Å². The molecule has 1 amide bonds. The molecule has 1 aromatic carbocycles. The van der Waals surface area contributed by atoms with Gasteiger partial charge in [-0.15, -0.1) is 0 Å². The molecule has 0 aliphatic rings. The van der Waals surface area contributed by atoms with Crippen LogP contribution in [-0.2, 0) is 9.53 Å². The van der Waals surface area contributed by atoms with Crippen LogP contribution in [0.2, 0.25) is 5.02 Å². The number of rotatable bonds is 4. The van der Waals surface area contributed by atoms with Crippen molar-refractivity contribution in [1.82, 2.24) is 5.32 Å². The van der Waals surface area contributed by atoms with Gasteiger partial charge < -0.3 is 10.1 Å². The maximum Gasteiger partial charge on any atom is 0.325 e. The van der Waals surface area contributed by atoms with E-state index in [-0.39, 0.29) is 22.8 Å².